The van der Waals surface area contributed by atoms with E-state index < -0.39 is 22.2 Å². The molecule has 1 N–H and O–H groups in total. The van der Waals surface area contributed by atoms with Gasteiger partial charge in [-0.1, -0.05) is 19.1 Å². The Balaban J connectivity index is 0.00000583. The summed E-state index contributed by atoms with van der Waals surface area (Å²) in [6, 6.07) is 9.32. The van der Waals surface area contributed by atoms with Gasteiger partial charge in [-0.05, 0) is 126 Å². The number of imidazole rings is 1. The predicted octanol–water partition coefficient (Wildman–Crippen LogP) is 3.26. The van der Waals surface area contributed by atoms with Gasteiger partial charge in [0.25, 0.3) is 0 Å². The molecule has 0 bridgehead atoms. The molecule has 0 radical (unpaired) electrons. The summed E-state index contributed by atoms with van der Waals surface area (Å²) in [5.41, 5.74) is 0.846. The zero-order valence-corrected chi connectivity index (χ0v) is 35.4. The van der Waals surface area contributed by atoms with Crippen molar-refractivity contribution in [2.45, 2.75) is 145 Å². The Morgan fingerprint density at radius 3 is 2.27 bits per heavy atom. The van der Waals surface area contributed by atoms with Crippen LogP contribution in [0, 0.1) is 5.21 Å². The van der Waals surface area contributed by atoms with Crippen molar-refractivity contribution >= 4 is 22.9 Å². The van der Waals surface area contributed by atoms with Crippen LogP contribution in [0.3, 0.4) is 0 Å². The number of carbonyl (C=O) groups is 2. The van der Waals surface area contributed by atoms with Crippen LogP contribution in [-0.2, 0) is 27.1 Å². The Kier molecular flexibility index (Phi) is 14.9. The minimum atomic E-state index is -2.31. The first-order valence-corrected chi connectivity index (χ1v) is 19.1. The number of benzene rings is 1. The molecule has 13 heteroatoms. The van der Waals surface area contributed by atoms with Gasteiger partial charge < -0.3 is 34.2 Å². The van der Waals surface area contributed by atoms with Crippen molar-refractivity contribution in [1.29, 1.82) is 0 Å². The first-order chi connectivity index (χ1) is 23.7. The maximum Gasteiger partial charge on any atom is 1.00 e. The Labute approximate surface area is 348 Å². The molecule has 4 heterocycles. The van der Waals surface area contributed by atoms with Gasteiger partial charge in [0.1, 0.15) is 0 Å². The van der Waals surface area contributed by atoms with Crippen LogP contribution in [0.25, 0.3) is 0 Å². The van der Waals surface area contributed by atoms with Crippen LogP contribution in [0.2, 0.25) is 0 Å². The van der Waals surface area contributed by atoms with Gasteiger partial charge in [0.2, 0.25) is 11.8 Å². The summed E-state index contributed by atoms with van der Waals surface area (Å²) in [4.78, 5) is 32.9. The molecule has 2 amide bonds. The Morgan fingerprint density at radius 2 is 1.71 bits per heavy atom. The summed E-state index contributed by atoms with van der Waals surface area (Å²) in [6.45, 7) is 12.8. The fourth-order valence-electron chi connectivity index (χ4n) is 8.45. The minimum absolute atomic E-state index is 0. The number of rotatable bonds is 15. The van der Waals surface area contributed by atoms with Gasteiger partial charge in [-0.2, -0.15) is 0 Å². The molecular weight excluding hydrogens is 692 g/mol. The van der Waals surface area contributed by atoms with Crippen molar-refractivity contribution in [2.24, 2.45) is 0 Å². The molecule has 0 spiro atoms. The predicted molar refractivity (Wildman–Crippen MR) is 194 cm³/mol. The molecule has 5 unspecified atom stereocenters. The smallest absolute Gasteiger partial charge is 0.784 e. The number of amides is 2. The topological polar surface area (TPSA) is 139 Å². The van der Waals surface area contributed by atoms with Gasteiger partial charge in [0.05, 0.1) is 12.7 Å². The van der Waals surface area contributed by atoms with Crippen LogP contribution in [-0.4, -0.2) is 74.4 Å². The fourth-order valence-corrected chi connectivity index (χ4v) is 8.81. The zero-order chi connectivity index (χ0) is 36.2. The van der Waals surface area contributed by atoms with Crippen molar-refractivity contribution < 1.29 is 69.7 Å². The van der Waals surface area contributed by atoms with Crippen molar-refractivity contribution in [3.8, 4) is 0 Å². The molecule has 51 heavy (non-hydrogen) atoms. The number of carbonyl (C=O) groups excluding carboxylic acids is 2. The monoisotopic (exact) mass is 745 g/mol. The minimum Gasteiger partial charge on any atom is -0.784 e. The van der Waals surface area contributed by atoms with Gasteiger partial charge in [-0.15, -0.1) is 0 Å². The molecule has 2 saturated heterocycles. The van der Waals surface area contributed by atoms with E-state index in [-0.39, 0.29) is 105 Å². The van der Waals surface area contributed by atoms with E-state index in [0.29, 0.717) is 19.3 Å². The third-order valence-corrected chi connectivity index (χ3v) is 11.5. The third kappa shape index (κ3) is 10.7. The van der Waals surface area contributed by atoms with E-state index in [9.17, 15) is 23.6 Å². The fraction of sp³-hybridized carbons (Fsp3) is 0.605. The molecule has 2 aromatic heterocycles. The average Bonchev–Trinajstić information content (AvgIpc) is 3.84. The molecule has 2 aliphatic heterocycles. The van der Waals surface area contributed by atoms with Crippen molar-refractivity contribution in [3.63, 3.8) is 0 Å². The molecule has 5 atom stereocenters. The van der Waals surface area contributed by atoms with Crippen molar-refractivity contribution in [2.75, 3.05) is 6.54 Å². The van der Waals surface area contributed by atoms with Crippen LogP contribution in [0.15, 0.2) is 66.3 Å². The van der Waals surface area contributed by atoms with Crippen molar-refractivity contribution in [3.05, 3.63) is 77.8 Å². The van der Waals surface area contributed by atoms with Gasteiger partial charge >= 0.3 is 51.4 Å². The number of nitrogens with zero attached hydrogens (tertiary/aromatic N) is 5. The van der Waals surface area contributed by atoms with Crippen LogP contribution in [0.1, 0.15) is 122 Å². The summed E-state index contributed by atoms with van der Waals surface area (Å²) in [5, 5.41) is 17.1. The molecule has 11 nitrogen and oxygen atoms in total. The molecule has 1 aromatic carbocycles. The average molecular weight is 746 g/mol. The normalized spacial score (nSPS) is 20.7. The van der Waals surface area contributed by atoms with Crippen LogP contribution < -0.4 is 56.7 Å². The summed E-state index contributed by atoms with van der Waals surface area (Å²) in [6.07, 6.45) is 15.8. The van der Waals surface area contributed by atoms with Gasteiger partial charge in [-0.3, -0.25) is 13.8 Å². The number of hydrogen-bond donors (Lipinski definition) is 1. The molecule has 2 fully saturated rings. The number of hydrogen-bond acceptors (Lipinski definition) is 7. The summed E-state index contributed by atoms with van der Waals surface area (Å²) in [7, 11) is 0. The van der Waals surface area contributed by atoms with Gasteiger partial charge in [0.15, 0.2) is 0 Å². The second kappa shape index (κ2) is 18.1. The first kappa shape index (κ1) is 42.1. The van der Waals surface area contributed by atoms with E-state index in [2.05, 4.69) is 38.2 Å². The van der Waals surface area contributed by atoms with Crippen LogP contribution in [0.5, 0.6) is 0 Å². The Hall–Kier alpha value is -1.68. The Bertz CT molecular complexity index is 1590. The third-order valence-electron chi connectivity index (χ3n) is 10.8. The van der Waals surface area contributed by atoms with Gasteiger partial charge in [-0.25, -0.2) is 4.98 Å². The summed E-state index contributed by atoms with van der Waals surface area (Å²) >= 11 is -2.31. The van der Waals surface area contributed by atoms with Crippen molar-refractivity contribution in [1.82, 2.24) is 29.4 Å². The van der Waals surface area contributed by atoms with E-state index in [4.69, 9.17) is 0 Å². The van der Waals surface area contributed by atoms with E-state index in [1.54, 1.807) is 18.3 Å². The maximum absolute atomic E-state index is 13.2. The molecule has 5 rings (SSSR count). The molecule has 274 valence electrons. The van der Waals surface area contributed by atoms with E-state index in [1.165, 1.54) is 5.06 Å². The molecule has 2 aliphatic rings. The van der Waals surface area contributed by atoms with Crippen LogP contribution >= 0.6 is 0 Å². The number of hydroxylamine groups is 2. The number of aromatic nitrogens is 3. The largest absolute Gasteiger partial charge is 1.00 e. The standard InChI is InChI=1S/C38H55N6O5S.K/c1-7-32(42-18-15-39-26-42)22-33(43-16-8-9-36(43)46)21-30(29-10-12-34(13-11-29)50(48)49)19-27(2)41-17-14-28(25-41)20-35(45)40-31-23-37(3,4)44(47)38(5,6)24-31;/h10-15,17-18,25-27,30-33H,7-9,16,19-24H2,1-6H3,(H,40,45)(H,48,49);/q-1;+1/p-1. The molecule has 3 aromatic rings. The second-order valence-corrected chi connectivity index (χ2v) is 16.6. The molecule has 0 aliphatic carbocycles. The van der Waals surface area contributed by atoms with E-state index in [1.807, 2.05) is 70.8 Å². The van der Waals surface area contributed by atoms with Gasteiger partial charge in [0, 0.05) is 77.9 Å². The Morgan fingerprint density at radius 1 is 1.02 bits per heavy atom. The summed E-state index contributed by atoms with van der Waals surface area (Å²) in [5.74, 6) is 0.186. The SMILES string of the molecule is CCC(CC(CC(CC(C)n1ccc(CC(=O)NC2CC(C)(C)N([O-])C(C)(C)C2)c1)c1ccc(S(=O)[O-])cc1)N1CCCC1=O)n1ccnc1.[K+]. The number of piperidine rings is 1. The summed E-state index contributed by atoms with van der Waals surface area (Å²) < 4.78 is 27.6. The maximum atomic E-state index is 13.2. The number of likely N-dealkylation sites (tertiary alicyclic amines) is 1. The van der Waals surface area contributed by atoms with E-state index in [0.717, 1.165) is 49.8 Å². The quantitative estimate of drug-likeness (QED) is 0.186. The molecule has 0 saturated carbocycles. The second-order valence-electron chi connectivity index (χ2n) is 15.7. The van der Waals surface area contributed by atoms with E-state index >= 15 is 0 Å². The molecular formula is C38H54KN6O5S-. The first-order valence-electron chi connectivity index (χ1n) is 18.1. The zero-order valence-electron chi connectivity index (χ0n) is 31.4. The van der Waals surface area contributed by atoms with Crippen LogP contribution in [0.4, 0.5) is 0 Å². The number of nitrogens with one attached hydrogen (secondary N) is 1.